The number of benzene rings is 5. The van der Waals surface area contributed by atoms with Gasteiger partial charge in [0, 0.05) is 35.2 Å². The zero-order chi connectivity index (χ0) is 76.9. The number of aromatic hydroxyl groups is 3. The van der Waals surface area contributed by atoms with Gasteiger partial charge in [-0.1, -0.05) is 56.5 Å². The van der Waals surface area contributed by atoms with Crippen LogP contribution in [0.3, 0.4) is 0 Å². The Labute approximate surface area is 620 Å². The number of halogens is 1. The number of carbonyl (C=O) groups is 7. The molecule has 7 aliphatic heterocycles. The number of carbonyl (C=O) groups excluding carboxylic acids is 7. The first-order chi connectivity index (χ1) is 50.8. The van der Waals surface area contributed by atoms with Crippen molar-refractivity contribution in [2.24, 2.45) is 23.5 Å². The summed E-state index contributed by atoms with van der Waals surface area (Å²) >= 11 is 7.21. The fourth-order valence-corrected chi connectivity index (χ4v) is 15.7. The predicted octanol–water partition coefficient (Wildman–Crippen LogP) is 2.91. The minimum absolute atomic E-state index is 0.0193. The molecule has 3 unspecified atom stereocenters. The molecule has 0 aromatic heterocycles. The Balaban J connectivity index is 1.06. The summed E-state index contributed by atoms with van der Waals surface area (Å²) in [7, 11) is 1.54. The number of rotatable bonds is 12. The molecule has 7 amide bonds. The molecule has 0 radical (unpaired) electrons. The number of hydrogen-bond donors (Lipinski definition) is 18. The van der Waals surface area contributed by atoms with Crippen molar-refractivity contribution in [3.05, 3.63) is 117 Å². The molecule has 21 atom stereocenters. The van der Waals surface area contributed by atoms with E-state index in [-0.39, 0.29) is 85.3 Å². The second-order valence-electron chi connectivity index (χ2n) is 29.7. The molecule has 107 heavy (non-hydrogen) atoms. The van der Waals surface area contributed by atoms with Gasteiger partial charge in [0.2, 0.25) is 53.4 Å². The summed E-state index contributed by atoms with van der Waals surface area (Å²) in [6.45, 7) is 8.72. The van der Waals surface area contributed by atoms with Crippen LogP contribution in [0.15, 0.2) is 78.9 Å². The van der Waals surface area contributed by atoms with Gasteiger partial charge in [-0.2, -0.15) is 0 Å². The van der Waals surface area contributed by atoms with E-state index in [1.54, 1.807) is 20.9 Å². The molecule has 9 aliphatic rings. The normalized spacial score (nSPS) is 31.9. The Hall–Kier alpha value is -8.96. The fraction of sp³-hybridized carbons (Fsp3) is 0.507. The van der Waals surface area contributed by atoms with Crippen LogP contribution in [0, 0.1) is 24.7 Å². The molecular weight excluding hydrogens is 1410 g/mol. The number of phenolic OH excluding ortho intramolecular Hbond substituents is 3. The van der Waals surface area contributed by atoms with Crippen LogP contribution in [0.4, 0.5) is 0 Å². The number of ether oxygens (including phenoxy) is 6. The number of likely N-dealkylation sites (N-methyl/N-ethyl adjacent to an activating group) is 1. The summed E-state index contributed by atoms with van der Waals surface area (Å²) < 4.78 is 39.0. The van der Waals surface area contributed by atoms with Gasteiger partial charge in [-0.25, -0.2) is 0 Å². The molecule has 32 heteroatoms. The highest BCUT2D eigenvalue weighted by Crippen LogP contribution is 2.50. The lowest BCUT2D eigenvalue weighted by molar-refractivity contribution is -0.333. The third-order valence-electron chi connectivity index (χ3n) is 21.4. The quantitative estimate of drug-likeness (QED) is 0.0854. The highest BCUT2D eigenvalue weighted by molar-refractivity contribution is 6.32. The molecule has 7 heterocycles. The molecule has 4 fully saturated rings. The molecule has 14 rings (SSSR count). The van der Waals surface area contributed by atoms with Gasteiger partial charge in [0.25, 0.3) is 0 Å². The maximum atomic E-state index is 16.2. The molecule has 2 aliphatic carbocycles. The number of phenols is 3. The standard InChI is InChI=1S/C75H92ClN9O22/c1-30(2)19-45(78-7)68(96)84-58-60(90)37-13-17-48(31(3)20-37)103-50-24-39-25-51(64(50)107-74-65(63(93)62(92)52(29-86)105-74)106-53-28-75(6,77)66(94)33(5)102-53)104-49-18-14-38(23-43(49)76)61(91)59-73(101)83-57(71(99)80-44-15-11-34-9-8-10-35(44)21-34)42-26-40(87)27-47(89)54(42)41-22-36(12-16-46(41)88)55(69(97)85-59)82-70(98)56(39)81-67(95)32(4)79-72(58)100/h12-14,16-18,20,22-27,30,32-35,44-45,52-53,55-63,65-66,74,78,86-94H,8-11,15,19,21,28-29,77H2,1-7H3,(H,79,100)(H,80,99)(H,81,95)(H,82,98)(H,83,101)(H,84,96)(H,85,97)/t32-,33-,34?,35?,44?,45+,52+,53-,55+,56+,57-,58+,59-,60+,61+,62+,63-,65+,66+,74-,75-/m0/s1. The molecule has 2 saturated heterocycles. The number of amides is 7. The summed E-state index contributed by atoms with van der Waals surface area (Å²) in [6.07, 6.45) is -11.5. The second-order valence-corrected chi connectivity index (χ2v) is 30.1. The highest BCUT2D eigenvalue weighted by atomic mass is 35.5. The van der Waals surface area contributed by atoms with E-state index in [9.17, 15) is 55.5 Å². The van der Waals surface area contributed by atoms with Crippen LogP contribution in [0.25, 0.3) is 11.1 Å². The van der Waals surface area contributed by atoms with Gasteiger partial charge in [-0.05, 0) is 173 Å². The molecule has 31 nitrogen and oxygen atoms in total. The van der Waals surface area contributed by atoms with E-state index in [0.29, 0.717) is 18.8 Å². The van der Waals surface area contributed by atoms with E-state index < -0.39 is 192 Å². The van der Waals surface area contributed by atoms with Crippen molar-refractivity contribution in [2.75, 3.05) is 13.7 Å². The first-order valence-corrected chi connectivity index (χ1v) is 36.2. The molecule has 2 saturated carbocycles. The fourth-order valence-electron chi connectivity index (χ4n) is 15.5. The average Bonchev–Trinajstić information content (AvgIpc) is 0.765. The topological polar surface area (TPSA) is 479 Å². The van der Waals surface area contributed by atoms with Crippen molar-refractivity contribution < 1.29 is 108 Å². The van der Waals surface area contributed by atoms with Crippen LogP contribution in [0.5, 0.6) is 46.0 Å². The maximum Gasteiger partial charge on any atom is 0.248 e. The Kier molecular flexibility index (Phi) is 23.0. The smallest absolute Gasteiger partial charge is 0.248 e. The molecular formula is C75H92ClN9O22. The number of aliphatic hydroxyl groups excluding tert-OH is 6. The van der Waals surface area contributed by atoms with Gasteiger partial charge in [0.05, 0.1) is 29.9 Å². The first kappa shape index (κ1) is 77.6. The summed E-state index contributed by atoms with van der Waals surface area (Å²) in [6, 6.07) is 2.87. The number of aliphatic hydroxyl groups is 6. The average molecular weight is 1510 g/mol. The van der Waals surface area contributed by atoms with E-state index in [0.717, 1.165) is 50.3 Å². The molecule has 5 aromatic rings. The largest absolute Gasteiger partial charge is 0.508 e. The van der Waals surface area contributed by atoms with Gasteiger partial charge in [-0.3, -0.25) is 33.6 Å². The summed E-state index contributed by atoms with van der Waals surface area (Å²) in [5.41, 5.74) is 3.97. The molecule has 19 N–H and O–H groups in total. The van der Waals surface area contributed by atoms with Crippen molar-refractivity contribution >= 4 is 53.0 Å². The minimum Gasteiger partial charge on any atom is -0.508 e. The number of nitrogens with two attached hydrogens (primary N) is 1. The predicted molar refractivity (Wildman–Crippen MR) is 380 cm³/mol. The Morgan fingerprint density at radius 1 is 0.710 bits per heavy atom. The molecule has 0 spiro atoms. The maximum absolute atomic E-state index is 16.2. The Morgan fingerprint density at radius 3 is 2.07 bits per heavy atom. The zero-order valence-electron chi connectivity index (χ0n) is 59.8. The first-order valence-electron chi connectivity index (χ1n) is 35.9. The summed E-state index contributed by atoms with van der Waals surface area (Å²) in [5, 5.41) is 127. The number of fused-ring (bicyclic) bond motifs is 17. The summed E-state index contributed by atoms with van der Waals surface area (Å²) in [4.78, 5) is 107. The van der Waals surface area contributed by atoms with Gasteiger partial charge < -0.3 is 123 Å². The van der Waals surface area contributed by atoms with Gasteiger partial charge in [0.15, 0.2) is 23.9 Å². The van der Waals surface area contributed by atoms with Crippen LogP contribution in [-0.2, 0) is 47.8 Å². The van der Waals surface area contributed by atoms with E-state index in [1.165, 1.54) is 74.5 Å². The minimum atomic E-state index is -2.15. The highest BCUT2D eigenvalue weighted by Gasteiger charge is 2.52. The number of hydrogen-bond acceptors (Lipinski definition) is 24. The van der Waals surface area contributed by atoms with E-state index in [4.69, 9.17) is 45.8 Å². The summed E-state index contributed by atoms with van der Waals surface area (Å²) in [5.74, 6) is -10.6. The van der Waals surface area contributed by atoms with Gasteiger partial charge >= 0.3 is 0 Å². The van der Waals surface area contributed by atoms with Crippen molar-refractivity contribution in [1.29, 1.82) is 0 Å². The number of nitrogens with one attached hydrogen (secondary N) is 8. The van der Waals surface area contributed by atoms with Gasteiger partial charge in [-0.15, -0.1) is 0 Å². The van der Waals surface area contributed by atoms with Crippen LogP contribution >= 0.6 is 11.6 Å². The molecule has 13 bridgehead atoms. The van der Waals surface area contributed by atoms with E-state index in [1.807, 2.05) is 13.8 Å². The third kappa shape index (κ3) is 16.3. The third-order valence-corrected chi connectivity index (χ3v) is 21.6. The van der Waals surface area contributed by atoms with E-state index in [2.05, 4.69) is 42.5 Å². The van der Waals surface area contributed by atoms with Crippen LogP contribution in [0.2, 0.25) is 5.02 Å². The Morgan fingerprint density at radius 2 is 1.38 bits per heavy atom. The zero-order valence-corrected chi connectivity index (χ0v) is 60.5. The van der Waals surface area contributed by atoms with E-state index >= 15 is 24.0 Å². The second kappa shape index (κ2) is 31.7. The molecule has 5 aromatic carbocycles. The van der Waals surface area contributed by atoms with Crippen molar-refractivity contribution in [3.8, 4) is 57.1 Å². The van der Waals surface area contributed by atoms with Crippen LogP contribution in [0.1, 0.15) is 150 Å². The number of aryl methyl sites for hydroxylation is 1. The lowest BCUT2D eigenvalue weighted by Crippen LogP contribution is -2.64. The van der Waals surface area contributed by atoms with Crippen molar-refractivity contribution in [3.63, 3.8) is 0 Å². The van der Waals surface area contributed by atoms with Crippen LogP contribution in [-0.4, -0.2) is 186 Å². The lowest BCUT2D eigenvalue weighted by atomic mass is 9.70. The SMILES string of the molecule is CN[C@H](CC(C)C)C(=O)N[C@H]1C(=O)N[C@@H](C)C(=O)N[C@H]2C(=O)N[C@H]3C(=O)N[C@H](C(=O)N[C@H](C(=O)NC4CCC5CCCC4C5)c4cc(O)cc(O)c4-c4cc3ccc4O)[C@H](O)c3ccc(c(Cl)c3)Oc3cc2cc(c3O[C@@H]2O[C@H](CO)[C@@H](O)[C@H](O)[C@H]2O[C@H]2C[C@](C)(N)[C@H](O)[C@H](C)O2)Oc2ccc(cc2C)[C@H]1O. The van der Waals surface area contributed by atoms with Crippen molar-refractivity contribution in [1.82, 2.24) is 42.5 Å². The van der Waals surface area contributed by atoms with Gasteiger partial charge in [0.1, 0.15) is 95.5 Å². The monoisotopic (exact) mass is 1510 g/mol. The molecule has 576 valence electrons. The van der Waals surface area contributed by atoms with Crippen LogP contribution < -0.4 is 62.5 Å². The van der Waals surface area contributed by atoms with Crippen molar-refractivity contribution in [2.45, 2.75) is 208 Å². The Bertz CT molecular complexity index is 4240. The lowest BCUT2D eigenvalue weighted by Gasteiger charge is -2.47.